The quantitative estimate of drug-likeness (QED) is 0.651. The number of alkyl halides is 1. The molecule has 0 spiro atoms. The van der Waals surface area contributed by atoms with Crippen LogP contribution < -0.4 is 5.73 Å². The second-order valence-corrected chi connectivity index (χ2v) is 4.87. The molecule has 68 valence electrons. The van der Waals surface area contributed by atoms with Gasteiger partial charge in [0.05, 0.1) is 11.5 Å². The van der Waals surface area contributed by atoms with Gasteiger partial charge in [-0.3, -0.25) is 0 Å². The summed E-state index contributed by atoms with van der Waals surface area (Å²) < 4.78 is 33.4. The van der Waals surface area contributed by atoms with Crippen LogP contribution in [-0.2, 0) is 9.84 Å². The van der Waals surface area contributed by atoms with Crippen LogP contribution in [-0.4, -0.2) is 33.1 Å². The third-order valence-corrected chi connectivity index (χ3v) is 3.18. The number of hydrogen-bond acceptors (Lipinski definition) is 3. The summed E-state index contributed by atoms with van der Waals surface area (Å²) in [4.78, 5) is 0. The minimum absolute atomic E-state index is 0.00653. The van der Waals surface area contributed by atoms with E-state index in [0.717, 1.165) is 0 Å². The first-order valence-electron chi connectivity index (χ1n) is 3.48. The van der Waals surface area contributed by atoms with E-state index in [-0.39, 0.29) is 17.4 Å². The highest BCUT2D eigenvalue weighted by molar-refractivity contribution is 7.91. The van der Waals surface area contributed by atoms with Gasteiger partial charge in [-0.15, -0.1) is 0 Å². The average molecular weight is 183 g/mol. The van der Waals surface area contributed by atoms with Crippen LogP contribution in [0.3, 0.4) is 0 Å². The zero-order chi connectivity index (χ0) is 8.91. The molecule has 0 rings (SSSR count). The Balaban J connectivity index is 3.92. The Labute approximate surface area is 66.7 Å². The van der Waals surface area contributed by atoms with E-state index < -0.39 is 16.5 Å². The molecule has 0 aliphatic heterocycles. The monoisotopic (exact) mass is 183 g/mol. The van der Waals surface area contributed by atoms with Crippen LogP contribution in [0.15, 0.2) is 0 Å². The Morgan fingerprint density at radius 2 is 2.09 bits per heavy atom. The summed E-state index contributed by atoms with van der Waals surface area (Å²) in [5, 5.41) is 0. The lowest BCUT2D eigenvalue weighted by molar-refractivity contribution is 0.513. The highest BCUT2D eigenvalue weighted by Gasteiger charge is 2.13. The molecular weight excluding hydrogens is 169 g/mol. The summed E-state index contributed by atoms with van der Waals surface area (Å²) in [7, 11) is -3.20. The Bertz CT molecular complexity index is 191. The first-order chi connectivity index (χ1) is 5.02. The van der Waals surface area contributed by atoms with Crippen LogP contribution in [0.2, 0.25) is 0 Å². The standard InChI is InChI=1S/C6H14FNO2S/c1-6(4-8)5-11(9,10)3-2-7/h6H,2-5,8H2,1H3. The van der Waals surface area contributed by atoms with Gasteiger partial charge in [-0.05, 0) is 12.5 Å². The highest BCUT2D eigenvalue weighted by Crippen LogP contribution is 1.99. The van der Waals surface area contributed by atoms with E-state index >= 15 is 0 Å². The first-order valence-corrected chi connectivity index (χ1v) is 5.30. The van der Waals surface area contributed by atoms with Crippen molar-refractivity contribution in [3.05, 3.63) is 0 Å². The van der Waals surface area contributed by atoms with Gasteiger partial charge in [0.1, 0.15) is 6.67 Å². The molecular formula is C6H14FNO2S. The maximum absolute atomic E-state index is 11.6. The molecule has 0 aliphatic carbocycles. The van der Waals surface area contributed by atoms with Crippen molar-refractivity contribution in [3.63, 3.8) is 0 Å². The van der Waals surface area contributed by atoms with Crippen LogP contribution in [0.1, 0.15) is 6.92 Å². The maximum atomic E-state index is 11.6. The molecule has 11 heavy (non-hydrogen) atoms. The van der Waals surface area contributed by atoms with E-state index in [2.05, 4.69) is 0 Å². The molecule has 2 N–H and O–H groups in total. The van der Waals surface area contributed by atoms with Gasteiger partial charge in [0.25, 0.3) is 0 Å². The van der Waals surface area contributed by atoms with Crippen molar-refractivity contribution < 1.29 is 12.8 Å². The number of hydrogen-bond donors (Lipinski definition) is 1. The fourth-order valence-electron chi connectivity index (χ4n) is 0.702. The van der Waals surface area contributed by atoms with Crippen LogP contribution in [0, 0.1) is 5.92 Å². The summed E-state index contributed by atoms with van der Waals surface area (Å²) >= 11 is 0. The van der Waals surface area contributed by atoms with Gasteiger partial charge in [0.2, 0.25) is 0 Å². The molecule has 0 radical (unpaired) electrons. The van der Waals surface area contributed by atoms with E-state index in [1.807, 2.05) is 0 Å². The molecule has 0 saturated heterocycles. The molecule has 0 aromatic heterocycles. The molecule has 0 aromatic rings. The molecule has 3 nitrogen and oxygen atoms in total. The van der Waals surface area contributed by atoms with Crippen molar-refractivity contribution in [3.8, 4) is 0 Å². The van der Waals surface area contributed by atoms with Crippen molar-refractivity contribution >= 4 is 9.84 Å². The molecule has 0 saturated carbocycles. The fraction of sp³-hybridized carbons (Fsp3) is 1.00. The van der Waals surface area contributed by atoms with Gasteiger partial charge in [-0.1, -0.05) is 6.92 Å². The Morgan fingerprint density at radius 1 is 1.55 bits per heavy atom. The normalized spacial score (nSPS) is 14.8. The summed E-state index contributed by atoms with van der Waals surface area (Å²) in [6.45, 7) is 1.25. The molecule has 0 bridgehead atoms. The second-order valence-electron chi connectivity index (χ2n) is 2.64. The van der Waals surface area contributed by atoms with E-state index in [9.17, 15) is 12.8 Å². The van der Waals surface area contributed by atoms with E-state index in [1.165, 1.54) is 0 Å². The van der Waals surface area contributed by atoms with E-state index in [0.29, 0.717) is 6.54 Å². The molecule has 1 unspecified atom stereocenters. The van der Waals surface area contributed by atoms with Crippen molar-refractivity contribution in [1.82, 2.24) is 0 Å². The molecule has 0 aliphatic rings. The molecule has 0 fully saturated rings. The largest absolute Gasteiger partial charge is 0.330 e. The first kappa shape index (κ1) is 10.8. The minimum Gasteiger partial charge on any atom is -0.330 e. The average Bonchev–Trinajstić information content (AvgIpc) is 1.86. The number of rotatable bonds is 5. The third kappa shape index (κ3) is 5.15. The lowest BCUT2D eigenvalue weighted by Gasteiger charge is -2.07. The van der Waals surface area contributed by atoms with Gasteiger partial charge < -0.3 is 5.73 Å². The van der Waals surface area contributed by atoms with Crippen LogP contribution in [0.25, 0.3) is 0 Å². The Hall–Kier alpha value is -0.160. The van der Waals surface area contributed by atoms with Crippen molar-refractivity contribution in [2.24, 2.45) is 11.7 Å². The molecule has 0 amide bonds. The van der Waals surface area contributed by atoms with Gasteiger partial charge in [0.15, 0.2) is 9.84 Å². The molecule has 0 heterocycles. The van der Waals surface area contributed by atoms with Crippen molar-refractivity contribution in [2.75, 3.05) is 24.7 Å². The van der Waals surface area contributed by atoms with Crippen molar-refractivity contribution in [1.29, 1.82) is 0 Å². The number of halogens is 1. The SMILES string of the molecule is CC(CN)CS(=O)(=O)CCF. The lowest BCUT2D eigenvalue weighted by Crippen LogP contribution is -2.23. The van der Waals surface area contributed by atoms with Gasteiger partial charge >= 0.3 is 0 Å². The second kappa shape index (κ2) is 4.66. The van der Waals surface area contributed by atoms with Crippen LogP contribution >= 0.6 is 0 Å². The zero-order valence-corrected chi connectivity index (χ0v) is 7.40. The summed E-state index contributed by atoms with van der Waals surface area (Å²) in [5.41, 5.74) is 5.22. The minimum atomic E-state index is -3.20. The summed E-state index contributed by atoms with van der Waals surface area (Å²) in [6, 6.07) is 0. The van der Waals surface area contributed by atoms with E-state index in [1.54, 1.807) is 6.92 Å². The highest BCUT2D eigenvalue weighted by atomic mass is 32.2. The summed E-state index contributed by atoms with van der Waals surface area (Å²) in [5.74, 6) is -0.461. The molecule has 1 atom stereocenters. The van der Waals surface area contributed by atoms with Gasteiger partial charge in [0, 0.05) is 0 Å². The predicted molar refractivity (Wildman–Crippen MR) is 42.8 cm³/mol. The van der Waals surface area contributed by atoms with E-state index in [4.69, 9.17) is 5.73 Å². The lowest BCUT2D eigenvalue weighted by atomic mass is 10.2. The topological polar surface area (TPSA) is 60.2 Å². The zero-order valence-electron chi connectivity index (χ0n) is 6.59. The third-order valence-electron chi connectivity index (χ3n) is 1.33. The summed E-state index contributed by atoms with van der Waals surface area (Å²) in [6.07, 6.45) is 0. The van der Waals surface area contributed by atoms with Crippen molar-refractivity contribution in [2.45, 2.75) is 6.92 Å². The number of sulfone groups is 1. The Kier molecular flexibility index (Phi) is 4.60. The van der Waals surface area contributed by atoms with Gasteiger partial charge in [-0.2, -0.15) is 0 Å². The van der Waals surface area contributed by atoms with Crippen LogP contribution in [0.5, 0.6) is 0 Å². The Morgan fingerprint density at radius 3 is 2.45 bits per heavy atom. The predicted octanol–water partition coefficient (Wildman–Crippen LogP) is -0.0345. The maximum Gasteiger partial charge on any atom is 0.153 e. The fourth-order valence-corrected chi connectivity index (χ4v) is 2.11. The number of nitrogens with two attached hydrogens (primary N) is 1. The van der Waals surface area contributed by atoms with Gasteiger partial charge in [-0.25, -0.2) is 12.8 Å². The smallest absolute Gasteiger partial charge is 0.153 e. The van der Waals surface area contributed by atoms with Crippen LogP contribution in [0.4, 0.5) is 4.39 Å². The molecule has 0 aromatic carbocycles. The molecule has 5 heteroatoms.